The van der Waals surface area contributed by atoms with Crippen LogP contribution in [0.4, 0.5) is 44.3 Å². The van der Waals surface area contributed by atoms with E-state index >= 15 is 0 Å². The Labute approximate surface area is 293 Å². The number of amides is 2. The zero-order chi connectivity index (χ0) is 39.5. The van der Waals surface area contributed by atoms with Crippen molar-refractivity contribution in [3.8, 4) is 0 Å². The fourth-order valence-electron chi connectivity index (χ4n) is 4.36. The smallest absolute Gasteiger partial charge is 0.370 e. The molecule has 1 rings (SSSR count). The Balaban J connectivity index is 3.04. The normalized spacial score (nSPS) is 15.6. The number of halogens is 9. The predicted octanol–water partition coefficient (Wildman–Crippen LogP) is 5.61. The molecule has 14 nitrogen and oxygen atoms in total. The first-order valence-electron chi connectivity index (χ1n) is 16.1. The molecular formula is C29H42F9N7O7. The van der Waals surface area contributed by atoms with Crippen molar-refractivity contribution in [1.29, 1.82) is 0 Å². The SMILES string of the molecule is C=C(C)CN(OC(=O)C(F)(F)F)/C(=N/OC(=O)C(F)(F)F)N(CCCCCCCCN1CCCCCCCCN=C(N)NC1=O)OC(=O)C(F)(F)F. The van der Waals surface area contributed by atoms with Crippen molar-refractivity contribution in [2.75, 3.05) is 32.7 Å². The van der Waals surface area contributed by atoms with Gasteiger partial charge in [0, 0.05) is 19.6 Å². The van der Waals surface area contributed by atoms with Crippen LogP contribution >= 0.6 is 0 Å². The topological polar surface area (TPSA) is 168 Å². The molecule has 3 N–H and O–H groups in total. The van der Waals surface area contributed by atoms with Crippen LogP contribution in [0, 0.1) is 0 Å². The first-order chi connectivity index (χ1) is 24.1. The molecule has 0 spiro atoms. The summed E-state index contributed by atoms with van der Waals surface area (Å²) in [4.78, 5) is 64.9. The van der Waals surface area contributed by atoms with E-state index in [0.29, 0.717) is 45.3 Å². The van der Waals surface area contributed by atoms with Crippen molar-refractivity contribution in [3.63, 3.8) is 0 Å². The van der Waals surface area contributed by atoms with E-state index in [0.717, 1.165) is 45.4 Å². The first-order valence-corrected chi connectivity index (χ1v) is 16.1. The summed E-state index contributed by atoms with van der Waals surface area (Å²) in [5.74, 6) is -10.7. The number of hydrogen-bond acceptors (Lipinski definition) is 10. The Morgan fingerprint density at radius 2 is 1.31 bits per heavy atom. The number of alkyl halides is 9. The second-order valence-corrected chi connectivity index (χ2v) is 11.5. The molecule has 0 aromatic heterocycles. The molecule has 0 aromatic rings. The maximum Gasteiger partial charge on any atom is 0.493 e. The van der Waals surface area contributed by atoms with Crippen molar-refractivity contribution in [3.05, 3.63) is 12.2 Å². The predicted molar refractivity (Wildman–Crippen MR) is 164 cm³/mol. The second-order valence-electron chi connectivity index (χ2n) is 11.5. The highest BCUT2D eigenvalue weighted by Gasteiger charge is 2.47. The van der Waals surface area contributed by atoms with Crippen molar-refractivity contribution in [1.82, 2.24) is 20.3 Å². The number of nitrogens with two attached hydrogens (primary N) is 1. The third kappa shape index (κ3) is 18.7. The molecule has 0 radical (unpaired) electrons. The summed E-state index contributed by atoms with van der Waals surface area (Å²) in [6.45, 7) is 3.83. The van der Waals surface area contributed by atoms with Gasteiger partial charge in [-0.3, -0.25) is 10.3 Å². The van der Waals surface area contributed by atoms with E-state index in [1.807, 2.05) is 0 Å². The van der Waals surface area contributed by atoms with E-state index < -0.39 is 61.5 Å². The van der Waals surface area contributed by atoms with Gasteiger partial charge in [-0.2, -0.15) is 49.6 Å². The fraction of sp³-hybridized carbons (Fsp3) is 0.724. The van der Waals surface area contributed by atoms with Crippen molar-refractivity contribution >= 4 is 35.9 Å². The number of rotatable bonds is 12. The lowest BCUT2D eigenvalue weighted by Crippen LogP contribution is -2.50. The molecule has 1 heterocycles. The van der Waals surface area contributed by atoms with Crippen LogP contribution in [-0.2, 0) is 28.9 Å². The van der Waals surface area contributed by atoms with E-state index in [4.69, 9.17) is 5.73 Å². The van der Waals surface area contributed by atoms with Gasteiger partial charge in [0.2, 0.25) is 0 Å². The molecule has 0 aliphatic carbocycles. The van der Waals surface area contributed by atoms with Crippen LogP contribution in [0.1, 0.15) is 84.0 Å². The maximum atomic E-state index is 13.1. The lowest BCUT2D eigenvalue weighted by molar-refractivity contribution is -0.239. The van der Waals surface area contributed by atoms with Gasteiger partial charge in [0.1, 0.15) is 0 Å². The lowest BCUT2D eigenvalue weighted by Gasteiger charge is -2.31. The molecule has 0 aromatic carbocycles. The van der Waals surface area contributed by atoms with Gasteiger partial charge in [-0.05, 0) is 37.8 Å². The maximum absolute atomic E-state index is 13.1. The van der Waals surface area contributed by atoms with Crippen LogP contribution in [0.15, 0.2) is 22.3 Å². The summed E-state index contributed by atoms with van der Waals surface area (Å²) in [6.07, 6.45) is -9.66. The van der Waals surface area contributed by atoms with Gasteiger partial charge in [0.25, 0.3) is 0 Å². The molecule has 0 unspecified atom stereocenters. The highest BCUT2D eigenvalue weighted by molar-refractivity contribution is 5.95. The Hall–Kier alpha value is -4.47. The number of oxime groups is 1. The van der Waals surface area contributed by atoms with Crippen LogP contribution in [0.5, 0.6) is 0 Å². The van der Waals surface area contributed by atoms with E-state index in [1.165, 1.54) is 0 Å². The van der Waals surface area contributed by atoms with Crippen LogP contribution < -0.4 is 11.1 Å². The molecule has 1 aliphatic heterocycles. The van der Waals surface area contributed by atoms with Crippen LogP contribution in [0.3, 0.4) is 0 Å². The summed E-state index contributed by atoms with van der Waals surface area (Å²) in [7, 11) is 0. The van der Waals surface area contributed by atoms with Crippen molar-refractivity contribution in [2.24, 2.45) is 15.9 Å². The van der Waals surface area contributed by atoms with Gasteiger partial charge in [0.05, 0.1) is 13.1 Å². The van der Waals surface area contributed by atoms with Gasteiger partial charge in [-0.1, -0.05) is 63.5 Å². The van der Waals surface area contributed by atoms with Crippen molar-refractivity contribution in [2.45, 2.75) is 103 Å². The van der Waals surface area contributed by atoms with Crippen LogP contribution in [-0.4, -0.2) is 102 Å². The Morgan fingerprint density at radius 1 is 0.808 bits per heavy atom. The zero-order valence-electron chi connectivity index (χ0n) is 28.3. The number of urea groups is 1. The molecule has 0 saturated heterocycles. The monoisotopic (exact) mass is 771 g/mol. The summed E-state index contributed by atoms with van der Waals surface area (Å²) < 4.78 is 117. The van der Waals surface area contributed by atoms with Crippen LogP contribution in [0.25, 0.3) is 0 Å². The van der Waals surface area contributed by atoms with Gasteiger partial charge >= 0.3 is 48.4 Å². The number of unbranched alkanes of at least 4 members (excludes halogenated alkanes) is 5. The molecule has 0 bridgehead atoms. The highest BCUT2D eigenvalue weighted by Crippen LogP contribution is 2.23. The van der Waals surface area contributed by atoms with Gasteiger partial charge in [-0.15, -0.1) is 0 Å². The minimum atomic E-state index is -5.74. The zero-order valence-corrected chi connectivity index (χ0v) is 28.3. The average Bonchev–Trinajstić information content (AvgIpc) is 3.02. The minimum absolute atomic E-state index is 0.0113. The minimum Gasteiger partial charge on any atom is -0.370 e. The molecule has 1 aliphatic rings. The molecule has 23 heteroatoms. The Kier molecular flexibility index (Phi) is 19.1. The quantitative estimate of drug-likeness (QED) is 0.0485. The number of hydrogen-bond donors (Lipinski definition) is 2. The molecule has 0 atom stereocenters. The Bertz CT molecular complexity index is 1260. The average molecular weight is 772 g/mol. The Morgan fingerprint density at radius 3 is 1.87 bits per heavy atom. The first kappa shape index (κ1) is 45.6. The summed E-state index contributed by atoms with van der Waals surface area (Å²) in [6, 6.07) is -0.408. The fourth-order valence-corrected chi connectivity index (χ4v) is 4.36. The standard InChI is InChI=1S/C29H42F9N7O7/c1-20(2)19-45(52-23(48)29(36,37)38)25(42-50-21(46)27(30,31)32)44(51-22(47)28(33,34)35)18-14-10-6-5-9-13-17-43-16-12-8-4-3-7-11-15-40-24(39)41-26(43)49/h1,3-19H2,2H3,(H3,39,40,41,49)/b42-25+. The van der Waals surface area contributed by atoms with Crippen LogP contribution in [0.2, 0.25) is 0 Å². The molecular weight excluding hydrogens is 729 g/mol. The number of hydroxylamine groups is 4. The highest BCUT2D eigenvalue weighted by atomic mass is 19.4. The molecule has 298 valence electrons. The molecule has 0 fully saturated rings. The van der Waals surface area contributed by atoms with Gasteiger partial charge in [-0.25, -0.2) is 19.2 Å². The van der Waals surface area contributed by atoms with Gasteiger partial charge < -0.3 is 25.1 Å². The number of nitrogens with zero attached hydrogens (tertiary/aromatic N) is 5. The summed E-state index contributed by atoms with van der Waals surface area (Å²) >= 11 is 0. The van der Waals surface area contributed by atoms with E-state index in [9.17, 15) is 58.7 Å². The van der Waals surface area contributed by atoms with E-state index in [2.05, 4.69) is 36.6 Å². The third-order valence-corrected chi connectivity index (χ3v) is 6.83. The summed E-state index contributed by atoms with van der Waals surface area (Å²) in [5.41, 5.74) is 5.61. The summed E-state index contributed by atoms with van der Waals surface area (Å²) in [5, 5.41) is 4.69. The van der Waals surface area contributed by atoms with E-state index in [-0.39, 0.29) is 34.5 Å². The van der Waals surface area contributed by atoms with Gasteiger partial charge in [0.15, 0.2) is 5.96 Å². The number of guanidine groups is 2. The number of aliphatic imine (C=N–C) groups is 1. The molecule has 52 heavy (non-hydrogen) atoms. The second kappa shape index (κ2) is 21.8. The van der Waals surface area contributed by atoms with Crippen molar-refractivity contribution < 1.29 is 73.2 Å². The van der Waals surface area contributed by atoms with E-state index in [1.54, 1.807) is 4.90 Å². The number of nitrogens with one attached hydrogen (secondary N) is 1. The lowest BCUT2D eigenvalue weighted by atomic mass is 10.1. The number of carbonyl (C=O) groups is 4. The molecule has 0 saturated carbocycles. The molecule has 2 amide bonds. The third-order valence-electron chi connectivity index (χ3n) is 6.83. The largest absolute Gasteiger partial charge is 0.493 e. The number of carbonyl (C=O) groups excluding carboxylic acids is 4.